The van der Waals surface area contributed by atoms with Crippen molar-refractivity contribution >= 4 is 11.9 Å². The number of carboxylic acids is 1. The topological polar surface area (TPSA) is 84.2 Å². The molecule has 1 heterocycles. The highest BCUT2D eigenvalue weighted by Crippen LogP contribution is 2.39. The first kappa shape index (κ1) is 14.3. The van der Waals surface area contributed by atoms with Crippen molar-refractivity contribution in [3.8, 4) is 5.69 Å². The smallest absolute Gasteiger partial charge is 0.307 e. The third kappa shape index (κ3) is 2.86. The van der Waals surface area contributed by atoms with Crippen LogP contribution in [0.2, 0.25) is 0 Å². The molecule has 1 aliphatic rings. The number of aromatic nitrogens is 2. The Morgan fingerprint density at radius 1 is 1.36 bits per heavy atom. The molecule has 1 aliphatic carbocycles. The third-order valence-electron chi connectivity index (χ3n) is 3.94. The van der Waals surface area contributed by atoms with Crippen molar-refractivity contribution in [2.24, 2.45) is 11.8 Å². The molecule has 0 aliphatic heterocycles. The van der Waals surface area contributed by atoms with E-state index in [1.165, 1.54) is 0 Å². The first-order valence-corrected chi connectivity index (χ1v) is 7.19. The lowest BCUT2D eigenvalue weighted by Crippen LogP contribution is -2.29. The van der Waals surface area contributed by atoms with Crippen LogP contribution in [0.5, 0.6) is 0 Å². The van der Waals surface area contributed by atoms with Crippen molar-refractivity contribution in [1.82, 2.24) is 15.1 Å². The lowest BCUT2D eigenvalue weighted by atomic mass is 10.1. The minimum atomic E-state index is -0.895. The van der Waals surface area contributed by atoms with Gasteiger partial charge in [0, 0.05) is 12.4 Å². The van der Waals surface area contributed by atoms with Gasteiger partial charge in [-0.1, -0.05) is 12.1 Å². The second-order valence-electron chi connectivity index (χ2n) is 5.56. The second-order valence-corrected chi connectivity index (χ2v) is 5.56. The molecule has 6 heteroatoms. The van der Waals surface area contributed by atoms with E-state index in [-0.39, 0.29) is 11.9 Å². The van der Waals surface area contributed by atoms with E-state index in [1.54, 1.807) is 10.9 Å². The summed E-state index contributed by atoms with van der Waals surface area (Å²) in [5, 5.41) is 15.9. The fourth-order valence-corrected chi connectivity index (χ4v) is 2.52. The van der Waals surface area contributed by atoms with E-state index in [4.69, 9.17) is 5.11 Å². The molecular formula is C16H17N3O3. The summed E-state index contributed by atoms with van der Waals surface area (Å²) in [6.07, 6.45) is 3.99. The highest BCUT2D eigenvalue weighted by atomic mass is 16.4. The molecule has 114 valence electrons. The van der Waals surface area contributed by atoms with Gasteiger partial charge in [0.05, 0.1) is 23.6 Å². The van der Waals surface area contributed by atoms with E-state index in [0.29, 0.717) is 6.42 Å². The van der Waals surface area contributed by atoms with E-state index in [9.17, 15) is 9.59 Å². The van der Waals surface area contributed by atoms with Crippen molar-refractivity contribution < 1.29 is 14.7 Å². The highest BCUT2D eigenvalue weighted by Gasteiger charge is 2.48. The normalized spacial score (nSPS) is 21.1. The lowest BCUT2D eigenvalue weighted by Gasteiger charge is -2.15. The van der Waals surface area contributed by atoms with Crippen LogP contribution in [0.4, 0.5) is 0 Å². The van der Waals surface area contributed by atoms with Crippen LogP contribution in [0.15, 0.2) is 42.7 Å². The first-order valence-electron chi connectivity index (χ1n) is 7.19. The molecule has 3 rings (SSSR count). The summed E-state index contributed by atoms with van der Waals surface area (Å²) in [7, 11) is 0. The largest absolute Gasteiger partial charge is 0.481 e. The molecule has 0 bridgehead atoms. The summed E-state index contributed by atoms with van der Waals surface area (Å²) < 4.78 is 1.75. The van der Waals surface area contributed by atoms with Crippen LogP contribution in [-0.2, 0) is 9.59 Å². The van der Waals surface area contributed by atoms with Crippen LogP contribution in [0, 0.1) is 11.8 Å². The Morgan fingerprint density at radius 3 is 2.82 bits per heavy atom. The van der Waals surface area contributed by atoms with Gasteiger partial charge in [-0.2, -0.15) is 5.10 Å². The van der Waals surface area contributed by atoms with Crippen LogP contribution in [-0.4, -0.2) is 26.8 Å². The van der Waals surface area contributed by atoms with Gasteiger partial charge in [0.25, 0.3) is 0 Å². The zero-order valence-corrected chi connectivity index (χ0v) is 12.1. The molecule has 1 fully saturated rings. The van der Waals surface area contributed by atoms with Gasteiger partial charge in [-0.3, -0.25) is 9.59 Å². The predicted molar refractivity (Wildman–Crippen MR) is 79.4 cm³/mol. The van der Waals surface area contributed by atoms with Crippen LogP contribution in [0.25, 0.3) is 5.69 Å². The van der Waals surface area contributed by atoms with Gasteiger partial charge in [-0.05, 0) is 37.1 Å². The molecule has 0 saturated heterocycles. The van der Waals surface area contributed by atoms with Gasteiger partial charge < -0.3 is 10.4 Å². The van der Waals surface area contributed by atoms with Gasteiger partial charge >= 0.3 is 5.97 Å². The fraction of sp³-hybridized carbons (Fsp3) is 0.312. The molecule has 22 heavy (non-hydrogen) atoms. The molecule has 0 radical (unpaired) electrons. The summed E-state index contributed by atoms with van der Waals surface area (Å²) >= 11 is 0. The highest BCUT2D eigenvalue weighted by molar-refractivity contribution is 5.89. The molecule has 1 aromatic heterocycles. The summed E-state index contributed by atoms with van der Waals surface area (Å²) in [6, 6.07) is 9.40. The first-order chi connectivity index (χ1) is 10.6. The molecule has 1 saturated carbocycles. The minimum Gasteiger partial charge on any atom is -0.481 e. The Balaban J connectivity index is 1.68. The molecule has 6 nitrogen and oxygen atoms in total. The van der Waals surface area contributed by atoms with E-state index in [1.807, 2.05) is 43.5 Å². The van der Waals surface area contributed by atoms with Crippen molar-refractivity contribution in [2.75, 3.05) is 0 Å². The molecule has 2 aromatic rings. The van der Waals surface area contributed by atoms with Crippen molar-refractivity contribution in [3.63, 3.8) is 0 Å². The summed E-state index contributed by atoms with van der Waals surface area (Å²) in [5.41, 5.74) is 1.87. The summed E-state index contributed by atoms with van der Waals surface area (Å²) in [4.78, 5) is 22.8. The lowest BCUT2D eigenvalue weighted by molar-refractivity contribution is -0.140. The number of hydrogen-bond donors (Lipinski definition) is 2. The third-order valence-corrected chi connectivity index (χ3v) is 3.94. The molecule has 0 spiro atoms. The van der Waals surface area contributed by atoms with Gasteiger partial charge in [0.1, 0.15) is 0 Å². The molecule has 1 amide bonds. The Kier molecular flexibility index (Phi) is 3.66. The Bertz CT molecular complexity index is 696. The fourth-order valence-electron chi connectivity index (χ4n) is 2.52. The monoisotopic (exact) mass is 299 g/mol. The molecule has 3 atom stereocenters. The average molecular weight is 299 g/mol. The van der Waals surface area contributed by atoms with E-state index >= 15 is 0 Å². The number of carboxylic acid groups (broad SMARTS) is 1. The van der Waals surface area contributed by atoms with Crippen LogP contribution in [0.1, 0.15) is 24.9 Å². The minimum absolute atomic E-state index is 0.182. The van der Waals surface area contributed by atoms with Crippen molar-refractivity contribution in [1.29, 1.82) is 0 Å². The van der Waals surface area contributed by atoms with Gasteiger partial charge in [0.15, 0.2) is 0 Å². The van der Waals surface area contributed by atoms with Gasteiger partial charge in [0.2, 0.25) is 5.91 Å². The molecule has 3 unspecified atom stereocenters. The van der Waals surface area contributed by atoms with E-state index in [2.05, 4.69) is 10.4 Å². The number of carbonyl (C=O) groups is 2. The second kappa shape index (κ2) is 5.63. The van der Waals surface area contributed by atoms with Crippen LogP contribution >= 0.6 is 0 Å². The maximum absolute atomic E-state index is 12.0. The Hall–Kier alpha value is -2.63. The SMILES string of the molecule is CC(NC(=O)C1CC1C(=O)O)c1cccc(-n2cccn2)c1. The number of nitrogens with one attached hydrogen (secondary N) is 1. The van der Waals surface area contributed by atoms with E-state index in [0.717, 1.165) is 11.3 Å². The average Bonchev–Trinajstić information content (AvgIpc) is 3.14. The zero-order chi connectivity index (χ0) is 15.7. The number of aliphatic carboxylic acids is 1. The molecular weight excluding hydrogens is 282 g/mol. The van der Waals surface area contributed by atoms with E-state index < -0.39 is 17.8 Å². The number of amides is 1. The van der Waals surface area contributed by atoms with Gasteiger partial charge in [-0.25, -0.2) is 4.68 Å². The predicted octanol–water partition coefficient (Wildman–Crippen LogP) is 1.77. The summed E-state index contributed by atoms with van der Waals surface area (Å²) in [5.74, 6) is -2.00. The van der Waals surface area contributed by atoms with Crippen molar-refractivity contribution in [2.45, 2.75) is 19.4 Å². The van der Waals surface area contributed by atoms with Crippen LogP contribution < -0.4 is 5.32 Å². The number of carbonyl (C=O) groups excluding carboxylic acids is 1. The van der Waals surface area contributed by atoms with Gasteiger partial charge in [-0.15, -0.1) is 0 Å². The van der Waals surface area contributed by atoms with Crippen molar-refractivity contribution in [3.05, 3.63) is 48.3 Å². The summed E-state index contributed by atoms with van der Waals surface area (Å²) in [6.45, 7) is 1.89. The zero-order valence-electron chi connectivity index (χ0n) is 12.1. The number of benzene rings is 1. The quantitative estimate of drug-likeness (QED) is 0.881. The standard InChI is InChI=1S/C16H17N3O3/c1-10(18-15(20)13-9-14(13)16(21)22)11-4-2-5-12(8-11)19-7-3-6-17-19/h2-8,10,13-14H,9H2,1H3,(H,18,20)(H,21,22). The Morgan fingerprint density at radius 2 is 2.18 bits per heavy atom. The number of nitrogens with zero attached hydrogens (tertiary/aromatic N) is 2. The Labute approximate surface area is 127 Å². The maximum Gasteiger partial charge on any atom is 0.307 e. The molecule has 2 N–H and O–H groups in total. The molecule has 1 aromatic carbocycles. The van der Waals surface area contributed by atoms with Crippen LogP contribution in [0.3, 0.4) is 0 Å². The number of rotatable bonds is 5. The number of hydrogen-bond acceptors (Lipinski definition) is 3. The maximum atomic E-state index is 12.0.